The van der Waals surface area contributed by atoms with Crippen LogP contribution in [0, 0.1) is 0 Å². The Balaban J connectivity index is 1.22. The molecule has 0 nitrogen and oxygen atoms in total. The summed E-state index contributed by atoms with van der Waals surface area (Å²) >= 11 is 1.93. The van der Waals surface area contributed by atoms with E-state index in [0.29, 0.717) is 0 Å². The predicted molar refractivity (Wildman–Crippen MR) is 244 cm³/mol. The van der Waals surface area contributed by atoms with Gasteiger partial charge >= 0.3 is 0 Å². The molecule has 0 bridgehead atoms. The number of hydrogen-bond donors (Lipinski definition) is 0. The van der Waals surface area contributed by atoms with Crippen molar-refractivity contribution in [2.75, 3.05) is 0 Å². The van der Waals surface area contributed by atoms with Crippen molar-refractivity contribution in [3.63, 3.8) is 0 Å². The molecule has 0 fully saturated rings. The summed E-state index contributed by atoms with van der Waals surface area (Å²) in [6.45, 7) is 13.7. The largest absolute Gasteiger partial charge is 0.135 e. The Morgan fingerprint density at radius 1 is 0.661 bits per heavy atom. The van der Waals surface area contributed by atoms with Gasteiger partial charge in [0.15, 0.2) is 0 Å². The summed E-state index contributed by atoms with van der Waals surface area (Å²) < 4.78 is 2.73. The lowest BCUT2D eigenvalue weighted by Crippen LogP contribution is -2.29. The maximum absolute atomic E-state index is 4.59. The molecule has 0 unspecified atom stereocenters. The first kappa shape index (κ1) is 35.7. The van der Waals surface area contributed by atoms with Crippen molar-refractivity contribution in [3.05, 3.63) is 224 Å². The molecule has 0 saturated carbocycles. The molecule has 56 heavy (non-hydrogen) atoms. The van der Waals surface area contributed by atoms with E-state index in [-0.39, 0.29) is 5.41 Å². The fourth-order valence-electron chi connectivity index (χ4n) is 8.75. The highest BCUT2D eigenvalue weighted by Gasteiger charge is 2.28. The summed E-state index contributed by atoms with van der Waals surface area (Å²) in [6.07, 6.45) is 17.7. The van der Waals surface area contributed by atoms with Gasteiger partial charge in [-0.25, -0.2) is 0 Å². The molecule has 0 radical (unpaired) electrons. The van der Waals surface area contributed by atoms with Crippen molar-refractivity contribution in [2.24, 2.45) is 0 Å². The normalized spacial score (nSPS) is 19.7. The summed E-state index contributed by atoms with van der Waals surface area (Å²) in [4.78, 5) is 0. The monoisotopic (exact) mass is 738 g/mol. The molecule has 7 aromatic rings. The Morgan fingerprint density at radius 2 is 1.36 bits per heavy atom. The standard InChI is InChI=1S/C55H46S/c1-37-17-9-10-18-41(37)33-38(2)45-20-7-5-6-8-21-46(48-23-13-12-22-47(45)48)40-29-27-39(28-30-40)44-35-51-42(34-43-19-11-15-25-52(43)55(3,4)36-44)31-32-50-49-24-14-16-26-53(49)56-54(50)51/h7-33,35H,1-2,5-6,34,36H2,3-4H3/b20-7+,21-8+,41-33-,44-35+,47-45+,48-46+. The number of hydrogen-bond acceptors (Lipinski definition) is 1. The summed E-state index contributed by atoms with van der Waals surface area (Å²) in [5, 5.41) is 7.17. The van der Waals surface area contributed by atoms with E-state index in [1.165, 1.54) is 75.1 Å². The molecule has 1 heterocycles. The van der Waals surface area contributed by atoms with Crippen LogP contribution in [0.25, 0.3) is 55.6 Å². The van der Waals surface area contributed by atoms with Gasteiger partial charge in [0.2, 0.25) is 0 Å². The molecule has 0 amide bonds. The molecule has 272 valence electrons. The average molecular weight is 739 g/mol. The van der Waals surface area contributed by atoms with Gasteiger partial charge in [-0.05, 0) is 126 Å². The van der Waals surface area contributed by atoms with E-state index in [0.717, 1.165) is 47.3 Å². The molecule has 0 aliphatic heterocycles. The van der Waals surface area contributed by atoms with Crippen LogP contribution in [0.1, 0.15) is 66.5 Å². The SMILES string of the molecule is C=C(/C=c1/ccccc1=C)C1=c2\cccc\c2=C(c2ccc(/C3=C/c4c(ccc5c4sc4ccccc45)Cc4ccccc4C(C)(C)C3)cc2)\C=C\CC\C=C\1. The van der Waals surface area contributed by atoms with E-state index in [9.17, 15) is 0 Å². The van der Waals surface area contributed by atoms with Crippen molar-refractivity contribution in [2.45, 2.75) is 44.9 Å². The average Bonchev–Trinajstić information content (AvgIpc) is 3.61. The highest BCUT2D eigenvalue weighted by atomic mass is 32.1. The number of rotatable bonds is 4. The highest BCUT2D eigenvalue weighted by molar-refractivity contribution is 7.26. The van der Waals surface area contributed by atoms with E-state index in [4.69, 9.17) is 0 Å². The van der Waals surface area contributed by atoms with Crippen molar-refractivity contribution in [1.29, 1.82) is 0 Å². The third-order valence-corrected chi connectivity index (χ3v) is 12.8. The molecule has 9 rings (SSSR count). The Bertz CT molecular complexity index is 3010. The number of allylic oxidation sites excluding steroid dienone is 6. The minimum absolute atomic E-state index is 0.0529. The molecule has 1 heteroatoms. The Hall–Kier alpha value is -6.02. The van der Waals surface area contributed by atoms with E-state index in [2.05, 4.69) is 191 Å². The Labute approximate surface area is 334 Å². The van der Waals surface area contributed by atoms with Gasteiger partial charge < -0.3 is 0 Å². The zero-order valence-corrected chi connectivity index (χ0v) is 33.1. The number of fused-ring (bicyclic) bond motifs is 7. The third kappa shape index (κ3) is 6.78. The van der Waals surface area contributed by atoms with Gasteiger partial charge in [0, 0.05) is 20.2 Å². The number of thiophene rings is 1. The van der Waals surface area contributed by atoms with Crippen LogP contribution in [-0.4, -0.2) is 0 Å². The fraction of sp³-hybridized carbons (Fsp3) is 0.127. The Kier molecular flexibility index (Phi) is 9.49. The van der Waals surface area contributed by atoms with Crippen LogP contribution in [0.15, 0.2) is 170 Å². The second kappa shape index (κ2) is 14.9. The summed E-state index contributed by atoms with van der Waals surface area (Å²) in [5.41, 5.74) is 12.7. The second-order valence-electron chi connectivity index (χ2n) is 15.9. The molecule has 0 spiro atoms. The van der Waals surface area contributed by atoms with Crippen LogP contribution in [0.4, 0.5) is 0 Å². The molecule has 0 saturated heterocycles. The van der Waals surface area contributed by atoms with Gasteiger partial charge in [-0.3, -0.25) is 0 Å². The predicted octanol–water partition coefficient (Wildman–Crippen LogP) is 11.6. The first-order valence-electron chi connectivity index (χ1n) is 19.8. The molecule has 0 atom stereocenters. The molecule has 1 aromatic heterocycles. The highest BCUT2D eigenvalue weighted by Crippen LogP contribution is 2.44. The lowest BCUT2D eigenvalue weighted by Gasteiger charge is -2.29. The molecule has 2 aliphatic rings. The van der Waals surface area contributed by atoms with Gasteiger partial charge in [-0.15, -0.1) is 11.3 Å². The second-order valence-corrected chi connectivity index (χ2v) is 16.9. The zero-order chi connectivity index (χ0) is 38.2. The Morgan fingerprint density at radius 3 is 2.20 bits per heavy atom. The topological polar surface area (TPSA) is 0 Å². The maximum Gasteiger partial charge on any atom is 0.0430 e. The van der Waals surface area contributed by atoms with Crippen LogP contribution in [-0.2, 0) is 11.8 Å². The molecule has 2 aliphatic carbocycles. The first-order valence-corrected chi connectivity index (χ1v) is 20.6. The quantitative estimate of drug-likeness (QED) is 0.169. The fourth-order valence-corrected chi connectivity index (χ4v) is 9.99. The maximum atomic E-state index is 4.59. The lowest BCUT2D eigenvalue weighted by atomic mass is 9.75. The smallest absolute Gasteiger partial charge is 0.0430 e. The van der Waals surface area contributed by atoms with Crippen molar-refractivity contribution >= 4 is 67.0 Å². The molecular formula is C55H46S. The summed E-state index contributed by atoms with van der Waals surface area (Å²) in [7, 11) is 0. The molecule has 0 N–H and O–H groups in total. The summed E-state index contributed by atoms with van der Waals surface area (Å²) in [5.74, 6) is 0. The van der Waals surface area contributed by atoms with Crippen LogP contribution in [0.3, 0.4) is 0 Å². The van der Waals surface area contributed by atoms with Gasteiger partial charge in [0.05, 0.1) is 0 Å². The number of benzene rings is 6. The van der Waals surface area contributed by atoms with E-state index in [1.807, 2.05) is 17.4 Å². The minimum atomic E-state index is -0.0529. The van der Waals surface area contributed by atoms with Crippen molar-refractivity contribution in [3.8, 4) is 0 Å². The van der Waals surface area contributed by atoms with Crippen molar-refractivity contribution in [1.82, 2.24) is 0 Å². The minimum Gasteiger partial charge on any atom is -0.135 e. The summed E-state index contributed by atoms with van der Waals surface area (Å²) in [6, 6.07) is 49.1. The molecular weight excluding hydrogens is 693 g/mol. The lowest BCUT2D eigenvalue weighted by molar-refractivity contribution is 0.538. The van der Waals surface area contributed by atoms with Crippen molar-refractivity contribution < 1.29 is 0 Å². The van der Waals surface area contributed by atoms with Gasteiger partial charge in [0.25, 0.3) is 0 Å². The van der Waals surface area contributed by atoms with Crippen LogP contribution in [0.5, 0.6) is 0 Å². The van der Waals surface area contributed by atoms with Crippen LogP contribution in [0.2, 0.25) is 0 Å². The van der Waals surface area contributed by atoms with Gasteiger partial charge in [-0.2, -0.15) is 0 Å². The van der Waals surface area contributed by atoms with Crippen LogP contribution < -0.4 is 20.9 Å². The van der Waals surface area contributed by atoms with Gasteiger partial charge in [-0.1, -0.05) is 179 Å². The first-order chi connectivity index (χ1) is 27.3. The third-order valence-electron chi connectivity index (χ3n) is 11.6. The zero-order valence-electron chi connectivity index (χ0n) is 32.3. The van der Waals surface area contributed by atoms with Crippen LogP contribution >= 0.6 is 11.3 Å². The van der Waals surface area contributed by atoms with Gasteiger partial charge in [0.1, 0.15) is 0 Å². The van der Waals surface area contributed by atoms with E-state index in [1.54, 1.807) is 0 Å². The van der Waals surface area contributed by atoms with E-state index < -0.39 is 0 Å². The van der Waals surface area contributed by atoms with E-state index >= 15 is 0 Å². The molecule has 6 aromatic carbocycles.